The van der Waals surface area contributed by atoms with Crippen molar-refractivity contribution in [2.45, 2.75) is 45.9 Å². The quantitative estimate of drug-likeness (QED) is 0.803. The Hall–Kier alpha value is -0.620. The van der Waals surface area contributed by atoms with E-state index in [0.29, 0.717) is 0 Å². The Morgan fingerprint density at radius 1 is 1.33 bits per heavy atom. The lowest BCUT2D eigenvalue weighted by Gasteiger charge is -2.21. The molecule has 3 nitrogen and oxygen atoms in total. The third kappa shape index (κ3) is 5.58. The third-order valence-corrected chi connectivity index (χ3v) is 4.69. The zero-order valence-corrected chi connectivity index (χ0v) is 15.5. The highest BCUT2D eigenvalue weighted by Gasteiger charge is 2.13. The molecular formula is C16H23BrN2OS. The maximum Gasteiger partial charge on any atom is 0.122 e. The van der Waals surface area contributed by atoms with E-state index in [9.17, 15) is 0 Å². The van der Waals surface area contributed by atoms with Crippen LogP contribution in [0, 0.1) is 0 Å². The summed E-state index contributed by atoms with van der Waals surface area (Å²) in [6, 6.07) is 4.23. The number of nitrogens with zero attached hydrogens (tertiary/aromatic N) is 1. The lowest BCUT2D eigenvalue weighted by molar-refractivity contribution is 0.285. The molecule has 0 aliphatic rings. The van der Waals surface area contributed by atoms with Crippen LogP contribution in [-0.4, -0.2) is 17.5 Å². The molecule has 116 valence electrons. The van der Waals surface area contributed by atoms with Gasteiger partial charge in [-0.1, -0.05) is 0 Å². The van der Waals surface area contributed by atoms with Gasteiger partial charge in [0.25, 0.3) is 0 Å². The Labute approximate surface area is 139 Å². The summed E-state index contributed by atoms with van der Waals surface area (Å²) >= 11 is 5.23. The number of rotatable bonds is 6. The summed E-state index contributed by atoms with van der Waals surface area (Å²) in [4.78, 5) is 2.27. The van der Waals surface area contributed by atoms with E-state index in [1.807, 2.05) is 0 Å². The van der Waals surface area contributed by atoms with Gasteiger partial charge in [0.15, 0.2) is 0 Å². The normalized spacial score (nSPS) is 12.3. The predicted molar refractivity (Wildman–Crippen MR) is 92.5 cm³/mol. The van der Waals surface area contributed by atoms with Gasteiger partial charge in [-0.15, -0.1) is 11.3 Å². The summed E-state index contributed by atoms with van der Waals surface area (Å²) in [5.74, 6) is 1.04. The van der Waals surface area contributed by atoms with Crippen LogP contribution in [0.4, 0.5) is 0 Å². The highest BCUT2D eigenvalue weighted by molar-refractivity contribution is 9.11. The van der Waals surface area contributed by atoms with Crippen molar-refractivity contribution in [1.82, 2.24) is 10.2 Å². The summed E-state index contributed by atoms with van der Waals surface area (Å²) < 4.78 is 6.83. The van der Waals surface area contributed by atoms with Crippen molar-refractivity contribution in [2.24, 2.45) is 0 Å². The standard InChI is InChI=1S/C16H23BrN2OS/c1-16(2,3)18-8-13-5-6-20-14(13)10-19(4)9-12-7-15(17)21-11-12/h5-7,11,18H,8-10H2,1-4H3. The topological polar surface area (TPSA) is 28.4 Å². The Morgan fingerprint density at radius 3 is 2.71 bits per heavy atom. The Kier molecular flexibility index (Phi) is 5.66. The summed E-state index contributed by atoms with van der Waals surface area (Å²) in [5.41, 5.74) is 2.68. The van der Waals surface area contributed by atoms with Gasteiger partial charge in [0, 0.05) is 24.2 Å². The molecule has 2 rings (SSSR count). The van der Waals surface area contributed by atoms with Crippen LogP contribution in [0.5, 0.6) is 0 Å². The van der Waals surface area contributed by atoms with E-state index in [2.05, 4.69) is 71.5 Å². The Morgan fingerprint density at radius 2 is 2.10 bits per heavy atom. The maximum absolute atomic E-state index is 5.66. The third-order valence-electron chi connectivity index (χ3n) is 3.13. The molecule has 2 heterocycles. The minimum Gasteiger partial charge on any atom is -0.468 e. The molecular weight excluding hydrogens is 348 g/mol. The van der Waals surface area contributed by atoms with E-state index < -0.39 is 0 Å². The fraction of sp³-hybridized carbons (Fsp3) is 0.500. The predicted octanol–water partition coefficient (Wildman–Crippen LogP) is 4.62. The second kappa shape index (κ2) is 7.09. The molecule has 0 amide bonds. The van der Waals surface area contributed by atoms with Crippen LogP contribution in [0.15, 0.2) is 32.0 Å². The Bertz CT molecular complexity index is 571. The average molecular weight is 371 g/mol. The summed E-state index contributed by atoms with van der Waals surface area (Å²) in [5, 5.41) is 5.69. The second-order valence-corrected chi connectivity index (χ2v) is 8.69. The molecule has 0 fully saturated rings. The van der Waals surface area contributed by atoms with Gasteiger partial charge in [0.1, 0.15) is 5.76 Å². The van der Waals surface area contributed by atoms with Gasteiger partial charge in [-0.2, -0.15) is 0 Å². The van der Waals surface area contributed by atoms with Crippen LogP contribution in [0.1, 0.15) is 37.7 Å². The Balaban J connectivity index is 1.92. The summed E-state index contributed by atoms with van der Waals surface area (Å²) in [7, 11) is 2.12. The number of hydrogen-bond donors (Lipinski definition) is 1. The van der Waals surface area contributed by atoms with Gasteiger partial charge in [-0.05, 0) is 66.8 Å². The number of halogens is 1. The number of thiophene rings is 1. The molecule has 21 heavy (non-hydrogen) atoms. The molecule has 0 saturated heterocycles. The number of furan rings is 1. The van der Waals surface area contributed by atoms with Crippen molar-refractivity contribution in [3.63, 3.8) is 0 Å². The smallest absolute Gasteiger partial charge is 0.122 e. The van der Waals surface area contributed by atoms with Crippen molar-refractivity contribution in [2.75, 3.05) is 7.05 Å². The van der Waals surface area contributed by atoms with Crippen molar-refractivity contribution < 1.29 is 4.42 Å². The molecule has 0 saturated carbocycles. The van der Waals surface area contributed by atoms with Gasteiger partial charge in [0.05, 0.1) is 16.6 Å². The fourth-order valence-electron chi connectivity index (χ4n) is 2.07. The van der Waals surface area contributed by atoms with Gasteiger partial charge >= 0.3 is 0 Å². The van der Waals surface area contributed by atoms with Gasteiger partial charge in [0.2, 0.25) is 0 Å². The second-order valence-electron chi connectivity index (χ2n) is 6.40. The molecule has 5 heteroatoms. The number of hydrogen-bond acceptors (Lipinski definition) is 4. The molecule has 2 aromatic heterocycles. The zero-order chi connectivity index (χ0) is 15.5. The summed E-state index contributed by atoms with van der Waals surface area (Å²) in [6.07, 6.45) is 1.78. The molecule has 0 aliphatic carbocycles. The van der Waals surface area contributed by atoms with Crippen LogP contribution in [0.3, 0.4) is 0 Å². The van der Waals surface area contributed by atoms with Gasteiger partial charge < -0.3 is 9.73 Å². The molecule has 0 spiro atoms. The van der Waals surface area contributed by atoms with Crippen molar-refractivity contribution in [3.8, 4) is 0 Å². The highest BCUT2D eigenvalue weighted by Crippen LogP contribution is 2.22. The van der Waals surface area contributed by atoms with Crippen LogP contribution in [-0.2, 0) is 19.6 Å². The molecule has 0 aliphatic heterocycles. The van der Waals surface area contributed by atoms with Gasteiger partial charge in [-0.3, -0.25) is 4.90 Å². The van der Waals surface area contributed by atoms with Crippen molar-refractivity contribution >= 4 is 27.3 Å². The highest BCUT2D eigenvalue weighted by atomic mass is 79.9. The largest absolute Gasteiger partial charge is 0.468 e. The first kappa shape index (κ1) is 16.7. The lowest BCUT2D eigenvalue weighted by atomic mass is 10.1. The number of nitrogens with one attached hydrogen (secondary N) is 1. The first-order valence-electron chi connectivity index (χ1n) is 7.05. The fourth-order valence-corrected chi connectivity index (χ4v) is 3.27. The van der Waals surface area contributed by atoms with E-state index in [1.165, 1.54) is 14.9 Å². The minimum atomic E-state index is 0.114. The zero-order valence-electron chi connectivity index (χ0n) is 13.1. The molecule has 2 aromatic rings. The van der Waals surface area contributed by atoms with Crippen LogP contribution < -0.4 is 5.32 Å². The van der Waals surface area contributed by atoms with Crippen molar-refractivity contribution in [1.29, 1.82) is 0 Å². The van der Waals surface area contributed by atoms with Crippen LogP contribution in [0.2, 0.25) is 0 Å². The summed E-state index contributed by atoms with van der Waals surface area (Å²) in [6.45, 7) is 9.11. The molecule has 0 aromatic carbocycles. The molecule has 0 bridgehead atoms. The molecule has 0 atom stereocenters. The van der Waals surface area contributed by atoms with E-state index in [-0.39, 0.29) is 5.54 Å². The minimum absolute atomic E-state index is 0.114. The first-order valence-corrected chi connectivity index (χ1v) is 8.72. The van der Waals surface area contributed by atoms with E-state index >= 15 is 0 Å². The maximum atomic E-state index is 5.66. The monoisotopic (exact) mass is 370 g/mol. The lowest BCUT2D eigenvalue weighted by Crippen LogP contribution is -2.35. The van der Waals surface area contributed by atoms with Crippen molar-refractivity contribution in [3.05, 3.63) is 44.4 Å². The van der Waals surface area contributed by atoms with E-state index in [1.54, 1.807) is 17.6 Å². The molecule has 1 N–H and O–H groups in total. The van der Waals surface area contributed by atoms with Crippen LogP contribution in [0.25, 0.3) is 0 Å². The van der Waals surface area contributed by atoms with Crippen LogP contribution >= 0.6 is 27.3 Å². The SMILES string of the molecule is CN(Cc1csc(Br)c1)Cc1occc1CNC(C)(C)C. The van der Waals surface area contributed by atoms with Gasteiger partial charge in [-0.25, -0.2) is 0 Å². The molecule has 0 radical (unpaired) electrons. The first-order chi connectivity index (χ1) is 9.83. The average Bonchev–Trinajstić information content (AvgIpc) is 2.95. The van der Waals surface area contributed by atoms with E-state index in [0.717, 1.165) is 25.4 Å². The van der Waals surface area contributed by atoms with E-state index in [4.69, 9.17) is 4.42 Å². The molecule has 0 unspecified atom stereocenters.